The van der Waals surface area contributed by atoms with E-state index in [1.54, 1.807) is 0 Å². The van der Waals surface area contributed by atoms with Crippen LogP contribution < -0.4 is 15.4 Å². The number of rotatable bonds is 2. The van der Waals surface area contributed by atoms with Gasteiger partial charge in [0.25, 0.3) is 0 Å². The Bertz CT molecular complexity index is 354. The summed E-state index contributed by atoms with van der Waals surface area (Å²) in [5.74, 6) is 0.852. The van der Waals surface area contributed by atoms with Crippen molar-refractivity contribution in [1.29, 1.82) is 0 Å². The van der Waals surface area contributed by atoms with E-state index in [-0.39, 0.29) is 12.6 Å². The minimum atomic E-state index is -0.328. The van der Waals surface area contributed by atoms with Gasteiger partial charge in [0.15, 0.2) is 0 Å². The van der Waals surface area contributed by atoms with E-state index in [1.165, 1.54) is 0 Å². The number of anilines is 1. The van der Waals surface area contributed by atoms with Crippen molar-refractivity contribution in [2.24, 2.45) is 5.73 Å². The van der Waals surface area contributed by atoms with E-state index in [0.717, 1.165) is 23.5 Å². The number of benzene rings is 1. The fourth-order valence-electron chi connectivity index (χ4n) is 1.71. The normalized spacial score (nSPS) is 16.9. The first kappa shape index (κ1) is 10.3. The van der Waals surface area contributed by atoms with Crippen LogP contribution in [-0.2, 0) is 0 Å². The van der Waals surface area contributed by atoms with E-state index in [4.69, 9.17) is 15.6 Å². The molecule has 0 unspecified atom stereocenters. The topological polar surface area (TPSA) is 58.7 Å². The van der Waals surface area contributed by atoms with Gasteiger partial charge in [-0.3, -0.25) is 0 Å². The smallest absolute Gasteiger partial charge is 0.143 e. The monoisotopic (exact) mass is 208 g/mol. The van der Waals surface area contributed by atoms with Crippen molar-refractivity contribution in [2.45, 2.75) is 6.04 Å². The Morgan fingerprint density at radius 1 is 1.60 bits per heavy atom. The predicted octanol–water partition coefficient (Wildman–Crippen LogP) is 0.507. The molecule has 0 fully saturated rings. The van der Waals surface area contributed by atoms with Crippen LogP contribution in [0.1, 0.15) is 11.6 Å². The number of fused-ring (bicyclic) bond motifs is 1. The van der Waals surface area contributed by atoms with E-state index < -0.39 is 0 Å². The van der Waals surface area contributed by atoms with Crippen molar-refractivity contribution in [3.8, 4) is 5.75 Å². The van der Waals surface area contributed by atoms with Gasteiger partial charge in [0.05, 0.1) is 24.9 Å². The highest BCUT2D eigenvalue weighted by atomic mass is 16.5. The Kier molecular flexibility index (Phi) is 2.79. The zero-order valence-electron chi connectivity index (χ0n) is 8.81. The van der Waals surface area contributed by atoms with Crippen LogP contribution in [0.15, 0.2) is 18.2 Å². The van der Waals surface area contributed by atoms with Crippen LogP contribution in [0.5, 0.6) is 5.75 Å². The van der Waals surface area contributed by atoms with Gasteiger partial charge in [-0.2, -0.15) is 0 Å². The molecule has 4 nitrogen and oxygen atoms in total. The number of aliphatic hydroxyl groups is 1. The number of nitrogens with two attached hydrogens (primary N) is 1. The number of hydrogen-bond donors (Lipinski definition) is 2. The summed E-state index contributed by atoms with van der Waals surface area (Å²) in [5, 5.41) is 8.97. The molecule has 2 rings (SSSR count). The van der Waals surface area contributed by atoms with Crippen molar-refractivity contribution < 1.29 is 9.84 Å². The van der Waals surface area contributed by atoms with Crippen molar-refractivity contribution in [1.82, 2.24) is 0 Å². The van der Waals surface area contributed by atoms with Crippen LogP contribution in [-0.4, -0.2) is 31.9 Å². The Morgan fingerprint density at radius 3 is 3.13 bits per heavy atom. The Hall–Kier alpha value is -1.26. The van der Waals surface area contributed by atoms with Crippen molar-refractivity contribution >= 4 is 5.69 Å². The van der Waals surface area contributed by atoms with Crippen LogP contribution in [0, 0.1) is 0 Å². The lowest BCUT2D eigenvalue weighted by molar-refractivity contribution is 0.267. The molecular formula is C11H16N2O2. The number of aliphatic hydroxyl groups excluding tert-OH is 1. The summed E-state index contributed by atoms with van der Waals surface area (Å²) in [4.78, 5) is 2.15. The maximum atomic E-state index is 8.97. The van der Waals surface area contributed by atoms with E-state index in [0.29, 0.717) is 6.61 Å². The number of nitrogens with zero attached hydrogens (tertiary/aromatic N) is 1. The summed E-state index contributed by atoms with van der Waals surface area (Å²) in [5.41, 5.74) is 7.73. The maximum absolute atomic E-state index is 8.97. The number of likely N-dealkylation sites (N-methyl/N-ethyl adjacent to an activating group) is 1. The molecule has 0 spiro atoms. The molecule has 0 aliphatic carbocycles. The van der Waals surface area contributed by atoms with Gasteiger partial charge >= 0.3 is 0 Å². The molecule has 0 amide bonds. The zero-order valence-corrected chi connectivity index (χ0v) is 8.81. The molecule has 0 radical (unpaired) electrons. The molecule has 1 aliphatic rings. The maximum Gasteiger partial charge on any atom is 0.143 e. The second kappa shape index (κ2) is 4.08. The predicted molar refractivity (Wildman–Crippen MR) is 59.2 cm³/mol. The number of hydrogen-bond acceptors (Lipinski definition) is 4. The molecule has 3 N–H and O–H groups in total. The lowest BCUT2D eigenvalue weighted by Crippen LogP contribution is -2.29. The molecular weight excluding hydrogens is 192 g/mol. The second-order valence-electron chi connectivity index (χ2n) is 3.79. The highest BCUT2D eigenvalue weighted by molar-refractivity contribution is 5.60. The Labute approximate surface area is 89.3 Å². The molecule has 0 saturated carbocycles. The van der Waals surface area contributed by atoms with Crippen LogP contribution in [0.25, 0.3) is 0 Å². The van der Waals surface area contributed by atoms with Gasteiger partial charge in [-0.25, -0.2) is 0 Å². The molecule has 1 aromatic carbocycles. The van der Waals surface area contributed by atoms with Gasteiger partial charge in [0.1, 0.15) is 12.4 Å². The van der Waals surface area contributed by atoms with Gasteiger partial charge < -0.3 is 20.5 Å². The standard InChI is InChI=1S/C11H16N2O2/c1-13-4-5-15-11-6-8(9(12)7-14)2-3-10(11)13/h2-3,6,9,14H,4-5,7,12H2,1H3/t9-/m0/s1. The van der Waals surface area contributed by atoms with Gasteiger partial charge in [-0.1, -0.05) is 6.07 Å². The lowest BCUT2D eigenvalue weighted by Gasteiger charge is -2.28. The van der Waals surface area contributed by atoms with Gasteiger partial charge in [0.2, 0.25) is 0 Å². The molecule has 1 aromatic rings. The first-order valence-corrected chi connectivity index (χ1v) is 5.06. The molecule has 0 bridgehead atoms. The Balaban J connectivity index is 2.33. The average Bonchev–Trinajstić information content (AvgIpc) is 2.28. The molecule has 82 valence electrons. The molecule has 1 heterocycles. The van der Waals surface area contributed by atoms with E-state index in [2.05, 4.69) is 4.90 Å². The van der Waals surface area contributed by atoms with Crippen molar-refractivity contribution in [3.63, 3.8) is 0 Å². The summed E-state index contributed by atoms with van der Waals surface area (Å²) >= 11 is 0. The van der Waals surface area contributed by atoms with E-state index in [9.17, 15) is 0 Å². The summed E-state index contributed by atoms with van der Waals surface area (Å²) in [6.45, 7) is 1.55. The third-order valence-corrected chi connectivity index (χ3v) is 2.70. The number of ether oxygens (including phenoxy) is 1. The summed E-state index contributed by atoms with van der Waals surface area (Å²) in [6.07, 6.45) is 0. The molecule has 1 aliphatic heterocycles. The zero-order chi connectivity index (χ0) is 10.8. The molecule has 4 heteroatoms. The summed E-state index contributed by atoms with van der Waals surface area (Å²) in [6, 6.07) is 5.50. The lowest BCUT2D eigenvalue weighted by atomic mass is 10.1. The molecule has 0 saturated heterocycles. The van der Waals surface area contributed by atoms with Crippen molar-refractivity contribution in [3.05, 3.63) is 23.8 Å². The highest BCUT2D eigenvalue weighted by Crippen LogP contribution is 2.32. The fourth-order valence-corrected chi connectivity index (χ4v) is 1.71. The quantitative estimate of drug-likeness (QED) is 0.743. The second-order valence-corrected chi connectivity index (χ2v) is 3.79. The van der Waals surface area contributed by atoms with E-state index >= 15 is 0 Å². The van der Waals surface area contributed by atoms with Gasteiger partial charge in [-0.05, 0) is 17.7 Å². The SMILES string of the molecule is CN1CCOc2cc([C@@H](N)CO)ccc21. The Morgan fingerprint density at radius 2 is 2.40 bits per heavy atom. The highest BCUT2D eigenvalue weighted by Gasteiger charge is 2.16. The van der Waals surface area contributed by atoms with Crippen molar-refractivity contribution in [2.75, 3.05) is 31.7 Å². The first-order valence-electron chi connectivity index (χ1n) is 5.06. The summed E-state index contributed by atoms with van der Waals surface area (Å²) < 4.78 is 5.55. The molecule has 15 heavy (non-hydrogen) atoms. The minimum absolute atomic E-state index is 0.0470. The summed E-state index contributed by atoms with van der Waals surface area (Å²) in [7, 11) is 2.03. The minimum Gasteiger partial charge on any atom is -0.490 e. The third-order valence-electron chi connectivity index (χ3n) is 2.70. The fraction of sp³-hybridized carbons (Fsp3) is 0.455. The molecule has 0 aromatic heterocycles. The van der Waals surface area contributed by atoms with E-state index in [1.807, 2.05) is 25.2 Å². The van der Waals surface area contributed by atoms with Crippen LogP contribution in [0.4, 0.5) is 5.69 Å². The van der Waals surface area contributed by atoms with Crippen LogP contribution in [0.2, 0.25) is 0 Å². The van der Waals surface area contributed by atoms with Gasteiger partial charge in [-0.15, -0.1) is 0 Å². The van der Waals surface area contributed by atoms with Crippen LogP contribution >= 0.6 is 0 Å². The first-order chi connectivity index (χ1) is 7.22. The van der Waals surface area contributed by atoms with Gasteiger partial charge in [0, 0.05) is 7.05 Å². The molecule has 1 atom stereocenters. The average molecular weight is 208 g/mol. The largest absolute Gasteiger partial charge is 0.490 e. The van der Waals surface area contributed by atoms with Crippen LogP contribution in [0.3, 0.4) is 0 Å². The third kappa shape index (κ3) is 1.91.